The van der Waals surface area contributed by atoms with Gasteiger partial charge < -0.3 is 10.1 Å². The Labute approximate surface area is 107 Å². The van der Waals surface area contributed by atoms with Crippen LogP contribution < -0.4 is 5.32 Å². The lowest BCUT2D eigenvalue weighted by atomic mass is 10.3. The number of nitrogens with one attached hydrogen (secondary N) is 1. The van der Waals surface area contributed by atoms with E-state index in [1.165, 1.54) is 0 Å². The Hall–Kier alpha value is -0.680. The molecule has 17 heavy (non-hydrogen) atoms. The summed E-state index contributed by atoms with van der Waals surface area (Å²) in [6.45, 7) is 6.58. The van der Waals surface area contributed by atoms with Crippen LogP contribution in [0.1, 0.15) is 5.56 Å². The molecule has 0 unspecified atom stereocenters. The van der Waals surface area contributed by atoms with Crippen molar-refractivity contribution in [3.05, 3.63) is 29.0 Å². The summed E-state index contributed by atoms with van der Waals surface area (Å²) >= 11 is 5.97. The van der Waals surface area contributed by atoms with Crippen molar-refractivity contribution in [2.24, 2.45) is 0 Å². The Balaban J connectivity index is 1.64. The van der Waals surface area contributed by atoms with Crippen molar-refractivity contribution in [3.8, 4) is 0 Å². The van der Waals surface area contributed by atoms with Gasteiger partial charge in [0, 0.05) is 44.5 Å². The standard InChI is InChI=1S/C12H18ClN3O/c13-12-11(2-1-3-15-12)10-14-4-5-16-6-8-17-9-7-16/h1-3,14H,4-10H2. The fraction of sp³-hybridized carbons (Fsp3) is 0.583. The molecule has 2 heterocycles. The fourth-order valence-corrected chi connectivity index (χ4v) is 2.02. The van der Waals surface area contributed by atoms with Gasteiger partial charge in [0.2, 0.25) is 0 Å². The molecule has 0 radical (unpaired) electrons. The minimum Gasteiger partial charge on any atom is -0.379 e. The first-order chi connectivity index (χ1) is 8.36. The second kappa shape index (κ2) is 6.91. The van der Waals surface area contributed by atoms with Crippen molar-refractivity contribution in [3.63, 3.8) is 0 Å². The molecule has 1 aromatic rings. The van der Waals surface area contributed by atoms with Gasteiger partial charge in [-0.3, -0.25) is 4.90 Å². The van der Waals surface area contributed by atoms with Gasteiger partial charge in [-0.05, 0) is 6.07 Å². The highest BCUT2D eigenvalue weighted by atomic mass is 35.5. The van der Waals surface area contributed by atoms with E-state index in [9.17, 15) is 0 Å². The van der Waals surface area contributed by atoms with E-state index in [0.29, 0.717) is 5.15 Å². The molecule has 0 saturated carbocycles. The van der Waals surface area contributed by atoms with Gasteiger partial charge in [-0.2, -0.15) is 0 Å². The molecule has 1 fully saturated rings. The highest BCUT2D eigenvalue weighted by Gasteiger charge is 2.09. The molecule has 0 amide bonds. The second-order valence-corrected chi connectivity index (χ2v) is 4.44. The summed E-state index contributed by atoms with van der Waals surface area (Å²) in [5, 5.41) is 3.97. The van der Waals surface area contributed by atoms with Crippen LogP contribution in [0.3, 0.4) is 0 Å². The van der Waals surface area contributed by atoms with Crippen LogP contribution >= 0.6 is 11.6 Å². The quantitative estimate of drug-likeness (QED) is 0.633. The molecular formula is C12H18ClN3O. The number of hydrogen-bond acceptors (Lipinski definition) is 4. The van der Waals surface area contributed by atoms with Crippen LogP contribution in [-0.2, 0) is 11.3 Å². The number of ether oxygens (including phenoxy) is 1. The van der Waals surface area contributed by atoms with Crippen LogP contribution in [0.25, 0.3) is 0 Å². The molecule has 1 saturated heterocycles. The van der Waals surface area contributed by atoms with E-state index in [-0.39, 0.29) is 0 Å². The van der Waals surface area contributed by atoms with Crippen LogP contribution in [0.4, 0.5) is 0 Å². The van der Waals surface area contributed by atoms with E-state index in [1.54, 1.807) is 6.20 Å². The largest absolute Gasteiger partial charge is 0.379 e. The third kappa shape index (κ3) is 4.24. The van der Waals surface area contributed by atoms with Crippen LogP contribution in [-0.4, -0.2) is 49.3 Å². The van der Waals surface area contributed by atoms with E-state index >= 15 is 0 Å². The Morgan fingerprint density at radius 3 is 3.00 bits per heavy atom. The summed E-state index contributed by atoms with van der Waals surface area (Å²) in [5.41, 5.74) is 1.05. The predicted octanol–water partition coefficient (Wildman–Crippen LogP) is 1.16. The third-order valence-corrected chi connectivity index (χ3v) is 3.20. The first kappa shape index (κ1) is 12.8. The van der Waals surface area contributed by atoms with Gasteiger partial charge in [0.05, 0.1) is 13.2 Å². The molecule has 0 spiro atoms. The Morgan fingerprint density at radius 2 is 2.24 bits per heavy atom. The molecule has 0 atom stereocenters. The third-order valence-electron chi connectivity index (χ3n) is 2.86. The number of halogens is 1. The topological polar surface area (TPSA) is 37.4 Å². The highest BCUT2D eigenvalue weighted by molar-refractivity contribution is 6.30. The lowest BCUT2D eigenvalue weighted by Gasteiger charge is -2.26. The molecular weight excluding hydrogens is 238 g/mol. The van der Waals surface area contributed by atoms with Crippen molar-refractivity contribution < 1.29 is 4.74 Å². The SMILES string of the molecule is Clc1ncccc1CNCCN1CCOCC1. The fourth-order valence-electron chi connectivity index (χ4n) is 1.84. The monoisotopic (exact) mass is 255 g/mol. The molecule has 4 nitrogen and oxygen atoms in total. The molecule has 94 valence electrons. The van der Waals surface area contributed by atoms with Gasteiger partial charge in [-0.15, -0.1) is 0 Å². The number of morpholine rings is 1. The molecule has 5 heteroatoms. The average molecular weight is 256 g/mol. The summed E-state index contributed by atoms with van der Waals surface area (Å²) in [6, 6.07) is 3.90. The van der Waals surface area contributed by atoms with Crippen molar-refractivity contribution >= 4 is 11.6 Å². The zero-order valence-corrected chi connectivity index (χ0v) is 10.6. The maximum absolute atomic E-state index is 5.97. The van der Waals surface area contributed by atoms with Crippen molar-refractivity contribution in [2.75, 3.05) is 39.4 Å². The number of hydrogen-bond donors (Lipinski definition) is 1. The minimum atomic E-state index is 0.589. The Morgan fingerprint density at radius 1 is 1.41 bits per heavy atom. The maximum Gasteiger partial charge on any atom is 0.133 e. The van der Waals surface area contributed by atoms with Crippen molar-refractivity contribution in [2.45, 2.75) is 6.54 Å². The van der Waals surface area contributed by atoms with Crippen LogP contribution in [0.5, 0.6) is 0 Å². The maximum atomic E-state index is 5.97. The van der Waals surface area contributed by atoms with Gasteiger partial charge in [-0.1, -0.05) is 17.7 Å². The van der Waals surface area contributed by atoms with Gasteiger partial charge >= 0.3 is 0 Å². The molecule has 1 aromatic heterocycles. The number of aromatic nitrogens is 1. The summed E-state index contributed by atoms with van der Waals surface area (Å²) in [7, 11) is 0. The van der Waals surface area contributed by atoms with Crippen molar-refractivity contribution in [1.29, 1.82) is 0 Å². The average Bonchev–Trinajstić information content (AvgIpc) is 2.38. The van der Waals surface area contributed by atoms with E-state index in [0.717, 1.165) is 51.5 Å². The van der Waals surface area contributed by atoms with Gasteiger partial charge in [-0.25, -0.2) is 4.98 Å². The van der Waals surface area contributed by atoms with E-state index in [2.05, 4.69) is 15.2 Å². The van der Waals surface area contributed by atoms with Crippen LogP contribution in [0, 0.1) is 0 Å². The molecule has 1 aliphatic heterocycles. The van der Waals surface area contributed by atoms with E-state index in [1.807, 2.05) is 12.1 Å². The van der Waals surface area contributed by atoms with Crippen LogP contribution in [0.15, 0.2) is 18.3 Å². The lowest BCUT2D eigenvalue weighted by Crippen LogP contribution is -2.40. The Bertz CT molecular complexity index is 342. The second-order valence-electron chi connectivity index (χ2n) is 4.08. The normalized spacial score (nSPS) is 17.2. The zero-order valence-electron chi connectivity index (χ0n) is 9.86. The molecule has 0 aliphatic carbocycles. The smallest absolute Gasteiger partial charge is 0.133 e. The molecule has 1 aliphatic rings. The number of nitrogens with zero attached hydrogens (tertiary/aromatic N) is 2. The van der Waals surface area contributed by atoms with Gasteiger partial charge in [0.25, 0.3) is 0 Å². The summed E-state index contributed by atoms with van der Waals surface area (Å²) < 4.78 is 5.30. The summed E-state index contributed by atoms with van der Waals surface area (Å²) in [4.78, 5) is 6.45. The van der Waals surface area contributed by atoms with Crippen LogP contribution in [0.2, 0.25) is 5.15 Å². The molecule has 0 aromatic carbocycles. The first-order valence-electron chi connectivity index (χ1n) is 5.96. The number of rotatable bonds is 5. The molecule has 0 bridgehead atoms. The van der Waals surface area contributed by atoms with Gasteiger partial charge in [0.1, 0.15) is 5.15 Å². The van der Waals surface area contributed by atoms with E-state index < -0.39 is 0 Å². The zero-order chi connectivity index (χ0) is 11.9. The number of pyridine rings is 1. The predicted molar refractivity (Wildman–Crippen MR) is 68.2 cm³/mol. The Kier molecular flexibility index (Phi) is 5.19. The lowest BCUT2D eigenvalue weighted by molar-refractivity contribution is 0.0384. The first-order valence-corrected chi connectivity index (χ1v) is 6.34. The van der Waals surface area contributed by atoms with E-state index in [4.69, 9.17) is 16.3 Å². The van der Waals surface area contributed by atoms with Gasteiger partial charge in [0.15, 0.2) is 0 Å². The highest BCUT2D eigenvalue weighted by Crippen LogP contribution is 2.10. The van der Waals surface area contributed by atoms with Crippen molar-refractivity contribution in [1.82, 2.24) is 15.2 Å². The molecule has 2 rings (SSSR count). The summed E-state index contributed by atoms with van der Waals surface area (Å²) in [6.07, 6.45) is 1.71. The molecule has 1 N–H and O–H groups in total. The summed E-state index contributed by atoms with van der Waals surface area (Å²) in [5.74, 6) is 0. The minimum absolute atomic E-state index is 0.589.